The van der Waals surface area contributed by atoms with Crippen molar-refractivity contribution in [2.45, 2.75) is 20.3 Å². The van der Waals surface area contributed by atoms with Gasteiger partial charge in [-0.3, -0.25) is 4.79 Å². The first-order valence-electron chi connectivity index (χ1n) is 6.17. The van der Waals surface area contributed by atoms with Crippen molar-refractivity contribution in [1.29, 1.82) is 5.26 Å². The highest BCUT2D eigenvalue weighted by atomic mass is 19.1. The van der Waals surface area contributed by atoms with Crippen LogP contribution >= 0.6 is 0 Å². The first kappa shape index (κ1) is 15.0. The van der Waals surface area contributed by atoms with Crippen molar-refractivity contribution in [2.24, 2.45) is 5.92 Å². The van der Waals surface area contributed by atoms with E-state index in [9.17, 15) is 9.18 Å². The molecule has 0 heterocycles. The average Bonchev–Trinajstić information content (AvgIpc) is 2.36. The third-order valence-electron chi connectivity index (χ3n) is 2.61. The van der Waals surface area contributed by atoms with Gasteiger partial charge in [0.2, 0.25) is 0 Å². The Morgan fingerprint density at radius 3 is 2.74 bits per heavy atom. The molecular formula is C14H18FN3O. The lowest BCUT2D eigenvalue weighted by Gasteiger charge is -2.23. The second-order valence-electron chi connectivity index (χ2n) is 4.79. The molecule has 1 aromatic rings. The predicted octanol–water partition coefficient (Wildman–Crippen LogP) is 2.42. The van der Waals surface area contributed by atoms with E-state index in [2.05, 4.69) is 0 Å². The molecule has 0 aliphatic heterocycles. The van der Waals surface area contributed by atoms with Gasteiger partial charge < -0.3 is 10.6 Å². The Balaban J connectivity index is 2.91. The van der Waals surface area contributed by atoms with E-state index in [0.29, 0.717) is 13.1 Å². The standard InChI is InChI=1S/C14H18FN3O/c1-10(2)9-18(7-3-6-16)14(19)11-4-5-13(17)12(15)8-11/h4-5,8,10H,3,7,9,17H2,1-2H3. The molecule has 1 amide bonds. The van der Waals surface area contributed by atoms with Gasteiger partial charge in [-0.25, -0.2) is 4.39 Å². The van der Waals surface area contributed by atoms with Crippen molar-refractivity contribution >= 4 is 11.6 Å². The molecule has 0 saturated heterocycles. The molecule has 0 spiro atoms. The topological polar surface area (TPSA) is 70.1 Å². The summed E-state index contributed by atoms with van der Waals surface area (Å²) in [5.41, 5.74) is 5.66. The van der Waals surface area contributed by atoms with E-state index in [1.165, 1.54) is 12.1 Å². The number of benzene rings is 1. The minimum absolute atomic E-state index is 0.0176. The number of nitrogen functional groups attached to an aromatic ring is 1. The minimum Gasteiger partial charge on any atom is -0.396 e. The zero-order chi connectivity index (χ0) is 14.4. The first-order valence-corrected chi connectivity index (χ1v) is 6.17. The Hall–Kier alpha value is -2.09. The average molecular weight is 263 g/mol. The van der Waals surface area contributed by atoms with E-state index in [-0.39, 0.29) is 29.5 Å². The van der Waals surface area contributed by atoms with E-state index in [0.717, 1.165) is 6.07 Å². The molecule has 0 aliphatic rings. The van der Waals surface area contributed by atoms with Gasteiger partial charge in [0.05, 0.1) is 18.2 Å². The van der Waals surface area contributed by atoms with Crippen LogP contribution in [0.4, 0.5) is 10.1 Å². The van der Waals surface area contributed by atoms with E-state index in [1.807, 2.05) is 19.9 Å². The maximum Gasteiger partial charge on any atom is 0.253 e. The van der Waals surface area contributed by atoms with E-state index in [1.54, 1.807) is 4.90 Å². The highest BCUT2D eigenvalue weighted by Crippen LogP contribution is 2.14. The van der Waals surface area contributed by atoms with Crippen LogP contribution in [0.1, 0.15) is 30.6 Å². The third kappa shape index (κ3) is 4.25. The highest BCUT2D eigenvalue weighted by Gasteiger charge is 2.17. The quantitative estimate of drug-likeness (QED) is 0.829. The SMILES string of the molecule is CC(C)CN(CCC#N)C(=O)c1ccc(N)c(F)c1. The third-order valence-corrected chi connectivity index (χ3v) is 2.61. The normalized spacial score (nSPS) is 10.3. The van der Waals surface area contributed by atoms with Crippen LogP contribution in [0.15, 0.2) is 18.2 Å². The molecule has 0 atom stereocenters. The smallest absolute Gasteiger partial charge is 0.253 e. The molecule has 1 aromatic carbocycles. The molecule has 0 fully saturated rings. The Morgan fingerprint density at radius 1 is 1.53 bits per heavy atom. The summed E-state index contributed by atoms with van der Waals surface area (Å²) in [6.45, 7) is 4.85. The Labute approximate surface area is 112 Å². The van der Waals surface area contributed by atoms with Crippen LogP contribution in [0.3, 0.4) is 0 Å². The van der Waals surface area contributed by atoms with Crippen LogP contribution in [-0.4, -0.2) is 23.9 Å². The molecule has 0 radical (unpaired) electrons. The molecule has 102 valence electrons. The van der Waals surface area contributed by atoms with E-state index < -0.39 is 5.82 Å². The molecule has 2 N–H and O–H groups in total. The summed E-state index contributed by atoms with van der Waals surface area (Å²) >= 11 is 0. The monoisotopic (exact) mass is 263 g/mol. The van der Waals surface area contributed by atoms with Gasteiger partial charge in [-0.05, 0) is 24.1 Å². The number of rotatable bonds is 5. The maximum atomic E-state index is 13.4. The minimum atomic E-state index is -0.601. The van der Waals surface area contributed by atoms with Crippen molar-refractivity contribution in [3.8, 4) is 6.07 Å². The van der Waals surface area contributed by atoms with Gasteiger partial charge in [0.25, 0.3) is 5.91 Å². The van der Waals surface area contributed by atoms with Crippen LogP contribution in [0, 0.1) is 23.1 Å². The molecule has 4 nitrogen and oxygen atoms in total. The number of amides is 1. The fourth-order valence-electron chi connectivity index (χ4n) is 1.74. The summed E-state index contributed by atoms with van der Waals surface area (Å²) < 4.78 is 13.4. The molecule has 5 heteroatoms. The van der Waals surface area contributed by atoms with Crippen LogP contribution in [-0.2, 0) is 0 Å². The van der Waals surface area contributed by atoms with Gasteiger partial charge in [0.15, 0.2) is 0 Å². The lowest BCUT2D eigenvalue weighted by atomic mass is 10.1. The molecule has 1 rings (SSSR count). The number of carbonyl (C=O) groups is 1. The van der Waals surface area contributed by atoms with Crippen molar-refractivity contribution in [3.05, 3.63) is 29.6 Å². The Bertz CT molecular complexity index is 494. The first-order chi connectivity index (χ1) is 8.95. The largest absolute Gasteiger partial charge is 0.396 e. The zero-order valence-corrected chi connectivity index (χ0v) is 11.2. The zero-order valence-electron chi connectivity index (χ0n) is 11.2. The summed E-state index contributed by atoms with van der Waals surface area (Å²) in [6, 6.07) is 6.02. The maximum absolute atomic E-state index is 13.4. The van der Waals surface area contributed by atoms with Crippen LogP contribution < -0.4 is 5.73 Å². The Morgan fingerprint density at radius 2 is 2.21 bits per heavy atom. The summed E-state index contributed by atoms with van der Waals surface area (Å²) in [5, 5.41) is 8.62. The van der Waals surface area contributed by atoms with Gasteiger partial charge in [0, 0.05) is 18.7 Å². The summed E-state index contributed by atoms with van der Waals surface area (Å²) in [7, 11) is 0. The molecule has 0 bridgehead atoms. The number of halogens is 1. The van der Waals surface area contributed by atoms with Gasteiger partial charge in [-0.15, -0.1) is 0 Å². The second kappa shape index (κ2) is 6.74. The lowest BCUT2D eigenvalue weighted by Crippen LogP contribution is -2.35. The summed E-state index contributed by atoms with van der Waals surface area (Å²) in [6.07, 6.45) is 0.260. The van der Waals surface area contributed by atoms with Gasteiger partial charge in [0.1, 0.15) is 5.82 Å². The lowest BCUT2D eigenvalue weighted by molar-refractivity contribution is 0.0739. The number of nitriles is 1. The summed E-state index contributed by atoms with van der Waals surface area (Å²) in [5.74, 6) is -0.597. The number of hydrogen-bond acceptors (Lipinski definition) is 3. The molecule has 0 saturated carbocycles. The summed E-state index contributed by atoms with van der Waals surface area (Å²) in [4.78, 5) is 13.8. The highest BCUT2D eigenvalue weighted by molar-refractivity contribution is 5.94. The second-order valence-corrected chi connectivity index (χ2v) is 4.79. The van der Waals surface area contributed by atoms with Crippen molar-refractivity contribution < 1.29 is 9.18 Å². The van der Waals surface area contributed by atoms with Crippen LogP contribution in [0.2, 0.25) is 0 Å². The molecule has 0 unspecified atom stereocenters. The number of anilines is 1. The molecule has 19 heavy (non-hydrogen) atoms. The Kier molecular flexibility index (Phi) is 5.31. The van der Waals surface area contributed by atoms with Gasteiger partial charge in [-0.2, -0.15) is 5.26 Å². The number of nitrogens with two attached hydrogens (primary N) is 1. The van der Waals surface area contributed by atoms with E-state index >= 15 is 0 Å². The van der Waals surface area contributed by atoms with Gasteiger partial charge in [-0.1, -0.05) is 13.8 Å². The molecular weight excluding hydrogens is 245 g/mol. The van der Waals surface area contributed by atoms with Crippen molar-refractivity contribution in [2.75, 3.05) is 18.8 Å². The fraction of sp³-hybridized carbons (Fsp3) is 0.429. The number of nitrogens with zero attached hydrogens (tertiary/aromatic N) is 2. The van der Waals surface area contributed by atoms with Crippen LogP contribution in [0.25, 0.3) is 0 Å². The number of carbonyl (C=O) groups excluding carboxylic acids is 1. The predicted molar refractivity (Wildman–Crippen MR) is 71.8 cm³/mol. The van der Waals surface area contributed by atoms with Crippen molar-refractivity contribution in [1.82, 2.24) is 4.90 Å². The number of hydrogen-bond donors (Lipinski definition) is 1. The van der Waals surface area contributed by atoms with Crippen LogP contribution in [0.5, 0.6) is 0 Å². The fourth-order valence-corrected chi connectivity index (χ4v) is 1.74. The van der Waals surface area contributed by atoms with Crippen molar-refractivity contribution in [3.63, 3.8) is 0 Å². The molecule has 0 aromatic heterocycles. The van der Waals surface area contributed by atoms with E-state index in [4.69, 9.17) is 11.0 Å². The van der Waals surface area contributed by atoms with Gasteiger partial charge >= 0.3 is 0 Å². The molecule has 0 aliphatic carbocycles.